The quantitative estimate of drug-likeness (QED) is 0.481. The van der Waals surface area contributed by atoms with Crippen molar-refractivity contribution in [2.75, 3.05) is 21.1 Å². The molecule has 0 aliphatic rings. The monoisotopic (exact) mass is 414 g/mol. The second-order valence-electron chi connectivity index (χ2n) is 5.32. The second-order valence-corrected chi connectivity index (χ2v) is 5.83. The van der Waals surface area contributed by atoms with E-state index in [0.717, 1.165) is 16.2 Å². The van der Waals surface area contributed by atoms with Crippen molar-refractivity contribution in [1.29, 1.82) is 5.26 Å². The van der Waals surface area contributed by atoms with E-state index in [0.29, 0.717) is 16.9 Å². The molecule has 7 nitrogen and oxygen atoms in total. The number of nitriles is 1. The van der Waals surface area contributed by atoms with E-state index in [9.17, 15) is 4.79 Å². The minimum absolute atomic E-state index is 0.179. The molecule has 0 bridgehead atoms. The summed E-state index contributed by atoms with van der Waals surface area (Å²) in [7, 11) is 5.25. The van der Waals surface area contributed by atoms with Crippen LogP contribution < -0.4 is 16.6 Å². The zero-order valence-electron chi connectivity index (χ0n) is 17.8. The van der Waals surface area contributed by atoms with Crippen molar-refractivity contribution in [3.63, 3.8) is 0 Å². The van der Waals surface area contributed by atoms with Gasteiger partial charge in [0.05, 0.1) is 17.2 Å². The highest BCUT2D eigenvalue weighted by Crippen LogP contribution is 2.20. The van der Waals surface area contributed by atoms with Crippen molar-refractivity contribution >= 4 is 12.6 Å². The summed E-state index contributed by atoms with van der Waals surface area (Å²) in [4.78, 5) is 17.6. The Hall–Kier alpha value is -2.86. The normalized spacial score (nSPS) is 8.93. The number of aromatic amines is 1. The van der Waals surface area contributed by atoms with E-state index >= 15 is 0 Å². The van der Waals surface area contributed by atoms with Gasteiger partial charge in [0.1, 0.15) is 0 Å². The lowest BCUT2D eigenvalue weighted by atomic mass is 10.1. The fourth-order valence-corrected chi connectivity index (χ4v) is 2.40. The molecule has 3 rings (SSSR count). The number of aromatic nitrogens is 3. The minimum atomic E-state index is -0.179. The highest BCUT2D eigenvalue weighted by Gasteiger charge is 2.14. The van der Waals surface area contributed by atoms with Gasteiger partial charge in [0, 0.05) is 16.8 Å². The zero-order chi connectivity index (χ0) is 22.4. The molecule has 0 fully saturated rings. The molecule has 0 atom stereocenters. The summed E-state index contributed by atoms with van der Waals surface area (Å²) in [6.07, 6.45) is 1.59. The lowest BCUT2D eigenvalue weighted by Gasteiger charge is -2.00. The number of aryl methyl sites for hydroxylation is 1. The summed E-state index contributed by atoms with van der Waals surface area (Å²) in [6.45, 7) is 5.83. The van der Waals surface area contributed by atoms with E-state index in [1.165, 1.54) is 11.7 Å². The van der Waals surface area contributed by atoms with Crippen molar-refractivity contribution < 1.29 is 0 Å². The number of H-pyrrole nitrogens is 1. The third-order valence-corrected chi connectivity index (χ3v) is 3.60. The van der Waals surface area contributed by atoms with Gasteiger partial charge in [-0.3, -0.25) is 9.89 Å². The van der Waals surface area contributed by atoms with E-state index < -0.39 is 0 Å². The van der Waals surface area contributed by atoms with Crippen LogP contribution in [0.1, 0.15) is 25.1 Å². The molecule has 0 radical (unpaired) electrons. The third-order valence-electron chi connectivity index (χ3n) is 3.34. The van der Waals surface area contributed by atoms with Crippen LogP contribution in [0.4, 0.5) is 0 Å². The van der Waals surface area contributed by atoms with Crippen LogP contribution in [0, 0.1) is 18.3 Å². The molecule has 29 heavy (non-hydrogen) atoms. The fourth-order valence-electron chi connectivity index (χ4n) is 2.27. The Kier molecular flexibility index (Phi) is 12.8. The number of thiol groups is 1. The number of nitrogens with zero attached hydrogens (tertiary/aromatic N) is 3. The Morgan fingerprint density at radius 2 is 1.69 bits per heavy atom. The number of hydrogen-bond donors (Lipinski definition) is 4. The Bertz CT molecular complexity index is 937. The summed E-state index contributed by atoms with van der Waals surface area (Å²) in [6, 6.07) is 12.5. The SMILES string of the molecule is CC.CN.CNC.Cc1[nH]n(-c2ccc(S)cn2)c(=O)c1-c1ccc(C#N)cc1. The molecule has 2 aromatic heterocycles. The summed E-state index contributed by atoms with van der Waals surface area (Å²) < 4.78 is 1.40. The predicted octanol–water partition coefficient (Wildman–Crippen LogP) is 3.13. The molecular formula is C21H30N6OS. The van der Waals surface area contributed by atoms with Crippen LogP contribution >= 0.6 is 12.6 Å². The van der Waals surface area contributed by atoms with Crippen LogP contribution in [0.2, 0.25) is 0 Å². The topological polar surface area (TPSA) is 113 Å². The van der Waals surface area contributed by atoms with Crippen LogP contribution in [0.5, 0.6) is 0 Å². The van der Waals surface area contributed by atoms with Gasteiger partial charge in [-0.25, -0.2) is 9.67 Å². The Balaban J connectivity index is 0.00000100. The van der Waals surface area contributed by atoms with Gasteiger partial charge < -0.3 is 11.1 Å². The predicted molar refractivity (Wildman–Crippen MR) is 123 cm³/mol. The van der Waals surface area contributed by atoms with Crippen molar-refractivity contribution in [2.45, 2.75) is 25.7 Å². The second kappa shape index (κ2) is 14.2. The number of hydrogen-bond acceptors (Lipinski definition) is 6. The summed E-state index contributed by atoms with van der Waals surface area (Å²) in [5.41, 5.74) is 6.96. The molecule has 156 valence electrons. The van der Waals surface area contributed by atoms with Gasteiger partial charge in [-0.1, -0.05) is 26.0 Å². The molecule has 2 heterocycles. The minimum Gasteiger partial charge on any atom is -0.333 e. The van der Waals surface area contributed by atoms with Crippen molar-refractivity contribution in [3.8, 4) is 23.0 Å². The Morgan fingerprint density at radius 3 is 2.14 bits per heavy atom. The zero-order valence-corrected chi connectivity index (χ0v) is 18.7. The summed E-state index contributed by atoms with van der Waals surface area (Å²) in [5.74, 6) is 0.505. The molecule has 4 N–H and O–H groups in total. The number of nitrogens with two attached hydrogens (primary N) is 1. The number of pyridine rings is 1. The number of nitrogens with one attached hydrogen (secondary N) is 2. The first-order valence-corrected chi connectivity index (χ1v) is 9.60. The molecule has 3 aromatic rings. The van der Waals surface area contributed by atoms with Gasteiger partial charge in [-0.15, -0.1) is 12.6 Å². The summed E-state index contributed by atoms with van der Waals surface area (Å²) >= 11 is 4.19. The van der Waals surface area contributed by atoms with Crippen LogP contribution in [0.15, 0.2) is 52.3 Å². The van der Waals surface area contributed by atoms with Gasteiger partial charge in [-0.05, 0) is 57.9 Å². The molecule has 0 spiro atoms. The molecule has 0 amide bonds. The van der Waals surface area contributed by atoms with Crippen molar-refractivity contribution in [2.24, 2.45) is 5.73 Å². The third kappa shape index (κ3) is 7.23. The average Bonchev–Trinajstić information content (AvgIpc) is 3.06. The van der Waals surface area contributed by atoms with Gasteiger partial charge in [0.25, 0.3) is 5.56 Å². The van der Waals surface area contributed by atoms with E-state index in [1.807, 2.05) is 34.9 Å². The molecule has 0 saturated carbocycles. The van der Waals surface area contributed by atoms with Crippen LogP contribution in [0.3, 0.4) is 0 Å². The van der Waals surface area contributed by atoms with E-state index in [2.05, 4.69) is 39.8 Å². The van der Waals surface area contributed by atoms with E-state index in [4.69, 9.17) is 5.26 Å². The van der Waals surface area contributed by atoms with Crippen molar-refractivity contribution in [3.05, 3.63) is 64.2 Å². The van der Waals surface area contributed by atoms with Gasteiger partial charge in [0.15, 0.2) is 5.82 Å². The lowest BCUT2D eigenvalue weighted by Crippen LogP contribution is -2.16. The summed E-state index contributed by atoms with van der Waals surface area (Å²) in [5, 5.41) is 14.6. The molecule has 8 heteroatoms. The molecular weight excluding hydrogens is 384 g/mol. The standard InChI is InChI=1S/C16H12N4OS.C2H7N.C2H6.CH5N/c1-10-15(12-4-2-11(8-17)3-5-12)16(21)20(19-10)14-7-6-13(22)9-18-14;1-3-2;2*1-2/h2-7,9,19,22H,1H3;3H,1-2H3;1-2H3;2H2,1H3. The smallest absolute Gasteiger partial charge is 0.280 e. The van der Waals surface area contributed by atoms with Gasteiger partial charge in [0.2, 0.25) is 0 Å². The highest BCUT2D eigenvalue weighted by atomic mass is 32.1. The first-order chi connectivity index (χ1) is 14.0. The van der Waals surface area contributed by atoms with Crippen LogP contribution in [-0.2, 0) is 0 Å². The maximum atomic E-state index is 12.6. The first kappa shape index (κ1) is 26.1. The number of rotatable bonds is 2. The van der Waals surface area contributed by atoms with Crippen LogP contribution in [0.25, 0.3) is 16.9 Å². The molecule has 1 aromatic carbocycles. The Morgan fingerprint density at radius 1 is 1.14 bits per heavy atom. The van der Waals surface area contributed by atoms with Gasteiger partial charge in [-0.2, -0.15) is 5.26 Å². The number of benzene rings is 1. The first-order valence-electron chi connectivity index (χ1n) is 9.15. The van der Waals surface area contributed by atoms with E-state index in [1.54, 1.807) is 42.6 Å². The molecule has 0 aliphatic heterocycles. The van der Waals surface area contributed by atoms with Gasteiger partial charge >= 0.3 is 0 Å². The molecule has 0 unspecified atom stereocenters. The lowest BCUT2D eigenvalue weighted by molar-refractivity contribution is 0.804. The Labute approximate surface area is 178 Å². The maximum Gasteiger partial charge on any atom is 0.280 e. The largest absolute Gasteiger partial charge is 0.333 e. The maximum absolute atomic E-state index is 12.6. The molecule has 0 aliphatic carbocycles. The van der Waals surface area contributed by atoms with Crippen LogP contribution in [-0.4, -0.2) is 35.9 Å². The van der Waals surface area contributed by atoms with E-state index in [-0.39, 0.29) is 5.56 Å². The van der Waals surface area contributed by atoms with Crippen molar-refractivity contribution in [1.82, 2.24) is 20.1 Å². The average molecular weight is 415 g/mol. The molecule has 0 saturated heterocycles. The fraction of sp³-hybridized carbons (Fsp3) is 0.286. The highest BCUT2D eigenvalue weighted by molar-refractivity contribution is 7.80.